The van der Waals surface area contributed by atoms with Crippen LogP contribution in [0.2, 0.25) is 0 Å². The van der Waals surface area contributed by atoms with Crippen LogP contribution in [0.3, 0.4) is 0 Å². The number of thioether (sulfide) groups is 1. The Morgan fingerprint density at radius 2 is 1.95 bits per heavy atom. The van der Waals surface area contributed by atoms with E-state index in [1.807, 2.05) is 44.2 Å². The molecule has 7 nitrogen and oxygen atoms in total. The lowest BCUT2D eigenvalue weighted by atomic mass is 9.82. The summed E-state index contributed by atoms with van der Waals surface area (Å²) in [5.41, 5.74) is 8.70. The summed E-state index contributed by atoms with van der Waals surface area (Å²) in [7, 11) is 0. The van der Waals surface area contributed by atoms with Crippen LogP contribution in [0.4, 0.5) is 14.5 Å². The molecular weight excluding hydrogens is 494 g/mol. The Hall–Kier alpha value is -3.50. The largest absolute Gasteiger partial charge is 0.380 e. The quantitative estimate of drug-likeness (QED) is 0.284. The number of nitrogens with one attached hydrogen (secondary N) is 2. The SMILES string of the molecule is CCC(C(N)=O)(c1cc(NC2CNC2)ccc1C)n1cccc2nc(SCc3cc(F)cc(F)c3)nc1-2. The minimum Gasteiger partial charge on any atom is -0.380 e. The van der Waals surface area contributed by atoms with Crippen LogP contribution in [0.5, 0.6) is 0 Å². The molecule has 3 aliphatic rings. The molecule has 37 heavy (non-hydrogen) atoms. The number of hydrogen-bond acceptors (Lipinski definition) is 6. The molecule has 3 aliphatic heterocycles. The van der Waals surface area contributed by atoms with Crippen LogP contribution < -0.4 is 16.4 Å². The van der Waals surface area contributed by atoms with Crippen molar-refractivity contribution in [2.75, 3.05) is 18.4 Å². The standard InChI is InChI=1S/C27H28F2N6OS/c1-3-27(25(30)36,22-12-20(7-6-16(22)2)32-21-13-31-14-21)35-8-4-5-23-24(35)34-26(33-23)37-15-17-9-18(28)11-19(29)10-17/h4-12,21,31-32H,3,13-15H2,1-2H3,(H2,30,36). The maximum atomic E-state index is 13.6. The number of hydrogen-bond donors (Lipinski definition) is 3. The first-order valence-corrected chi connectivity index (χ1v) is 13.1. The third-order valence-electron chi connectivity index (χ3n) is 6.82. The van der Waals surface area contributed by atoms with E-state index in [0.717, 1.165) is 36.0 Å². The predicted octanol–water partition coefficient (Wildman–Crippen LogP) is 4.28. The zero-order valence-electron chi connectivity index (χ0n) is 20.6. The summed E-state index contributed by atoms with van der Waals surface area (Å²) in [6, 6.07) is 13.4. The number of nitrogens with two attached hydrogens (primary N) is 1. The Labute approximate surface area is 218 Å². The zero-order chi connectivity index (χ0) is 26.2. The van der Waals surface area contributed by atoms with Gasteiger partial charge in [0.05, 0.1) is 6.04 Å². The molecule has 10 heteroatoms. The first-order valence-electron chi connectivity index (χ1n) is 12.1. The van der Waals surface area contributed by atoms with Gasteiger partial charge in [-0.25, -0.2) is 18.7 Å². The molecule has 2 aromatic rings. The summed E-state index contributed by atoms with van der Waals surface area (Å²) >= 11 is 1.27. The molecular formula is C27H28F2N6OS. The number of amides is 1. The molecule has 0 spiro atoms. The second-order valence-corrected chi connectivity index (χ2v) is 10.2. The molecule has 192 valence electrons. The maximum Gasteiger partial charge on any atom is 0.248 e. The van der Waals surface area contributed by atoms with Gasteiger partial charge in [-0.05, 0) is 66.4 Å². The molecule has 0 bridgehead atoms. The number of anilines is 1. The first kappa shape index (κ1) is 25.2. The lowest BCUT2D eigenvalue weighted by Crippen LogP contribution is -2.51. The van der Waals surface area contributed by atoms with E-state index >= 15 is 0 Å². The Morgan fingerprint density at radius 1 is 1.19 bits per heavy atom. The summed E-state index contributed by atoms with van der Waals surface area (Å²) < 4.78 is 29.0. The van der Waals surface area contributed by atoms with Crippen LogP contribution in [0.1, 0.15) is 30.0 Å². The molecule has 1 fully saturated rings. The van der Waals surface area contributed by atoms with Crippen molar-refractivity contribution < 1.29 is 13.6 Å². The van der Waals surface area contributed by atoms with E-state index in [1.165, 1.54) is 23.9 Å². The lowest BCUT2D eigenvalue weighted by molar-refractivity contribution is -0.124. The number of halogens is 2. The van der Waals surface area contributed by atoms with Crippen molar-refractivity contribution in [3.05, 3.63) is 83.1 Å². The average Bonchev–Trinajstić information content (AvgIpc) is 3.25. The Kier molecular flexibility index (Phi) is 6.87. The van der Waals surface area contributed by atoms with Crippen molar-refractivity contribution in [2.24, 2.45) is 5.73 Å². The fourth-order valence-corrected chi connectivity index (χ4v) is 5.60. The maximum absolute atomic E-state index is 13.6. The molecule has 2 aromatic carbocycles. The molecule has 0 radical (unpaired) electrons. The number of aryl methyl sites for hydroxylation is 1. The van der Waals surface area contributed by atoms with Gasteiger partial charge in [0.1, 0.15) is 22.9 Å². The minimum atomic E-state index is -1.20. The third kappa shape index (κ3) is 4.78. The van der Waals surface area contributed by atoms with Crippen molar-refractivity contribution >= 4 is 23.4 Å². The van der Waals surface area contributed by atoms with Gasteiger partial charge in [0.2, 0.25) is 5.91 Å². The van der Waals surface area contributed by atoms with E-state index in [0.29, 0.717) is 40.5 Å². The summed E-state index contributed by atoms with van der Waals surface area (Å²) in [6.45, 7) is 5.67. The fraction of sp³-hybridized carbons (Fsp3) is 0.296. The van der Waals surface area contributed by atoms with Crippen LogP contribution in [0.15, 0.2) is 59.9 Å². The van der Waals surface area contributed by atoms with Crippen molar-refractivity contribution in [1.29, 1.82) is 0 Å². The molecule has 1 atom stereocenters. The molecule has 0 aliphatic carbocycles. The molecule has 1 saturated heterocycles. The number of imidazole rings is 1. The van der Waals surface area contributed by atoms with Crippen LogP contribution in [0, 0.1) is 18.6 Å². The van der Waals surface area contributed by atoms with E-state index in [-0.39, 0.29) is 0 Å². The third-order valence-corrected chi connectivity index (χ3v) is 7.74. The summed E-state index contributed by atoms with van der Waals surface area (Å²) in [5.74, 6) is -0.945. The number of fused-ring (bicyclic) bond motifs is 1. The van der Waals surface area contributed by atoms with Crippen molar-refractivity contribution in [1.82, 2.24) is 19.9 Å². The van der Waals surface area contributed by atoms with Crippen LogP contribution in [0.25, 0.3) is 11.5 Å². The van der Waals surface area contributed by atoms with Gasteiger partial charge in [-0.2, -0.15) is 0 Å². The Balaban J connectivity index is 1.54. The second kappa shape index (κ2) is 10.1. The molecule has 1 unspecified atom stereocenters. The summed E-state index contributed by atoms with van der Waals surface area (Å²) in [6.07, 6.45) is 2.20. The zero-order valence-corrected chi connectivity index (χ0v) is 21.4. The second-order valence-electron chi connectivity index (χ2n) is 9.27. The van der Waals surface area contributed by atoms with Gasteiger partial charge in [-0.3, -0.25) is 4.79 Å². The van der Waals surface area contributed by atoms with Crippen molar-refractivity contribution in [3.63, 3.8) is 0 Å². The van der Waals surface area contributed by atoms with Gasteiger partial charge in [0, 0.05) is 36.8 Å². The highest BCUT2D eigenvalue weighted by atomic mass is 32.2. The van der Waals surface area contributed by atoms with Crippen LogP contribution in [-0.4, -0.2) is 39.6 Å². The van der Waals surface area contributed by atoms with Crippen LogP contribution >= 0.6 is 11.8 Å². The first-order chi connectivity index (χ1) is 17.8. The van der Waals surface area contributed by atoms with Gasteiger partial charge >= 0.3 is 0 Å². The number of aromatic nitrogens is 3. The van der Waals surface area contributed by atoms with Gasteiger partial charge in [0.15, 0.2) is 11.0 Å². The van der Waals surface area contributed by atoms with Crippen molar-refractivity contribution in [2.45, 2.75) is 42.8 Å². The molecule has 1 amide bonds. The van der Waals surface area contributed by atoms with Crippen molar-refractivity contribution in [3.8, 4) is 11.5 Å². The molecule has 0 saturated carbocycles. The summed E-state index contributed by atoms with van der Waals surface area (Å²) in [4.78, 5) is 22.6. The number of pyridine rings is 1. The highest BCUT2D eigenvalue weighted by Crippen LogP contribution is 2.38. The predicted molar refractivity (Wildman–Crippen MR) is 141 cm³/mol. The molecule has 4 N–H and O–H groups in total. The average molecular weight is 523 g/mol. The fourth-order valence-electron chi connectivity index (χ4n) is 4.82. The van der Waals surface area contributed by atoms with E-state index in [9.17, 15) is 13.6 Å². The summed E-state index contributed by atoms with van der Waals surface area (Å²) in [5, 5.41) is 7.20. The highest BCUT2D eigenvalue weighted by Gasteiger charge is 2.42. The van der Waals surface area contributed by atoms with E-state index in [4.69, 9.17) is 10.7 Å². The highest BCUT2D eigenvalue weighted by molar-refractivity contribution is 7.98. The number of carbonyl (C=O) groups excluding carboxylic acids is 1. The van der Waals surface area contributed by atoms with Gasteiger partial charge in [-0.1, -0.05) is 24.8 Å². The van der Waals surface area contributed by atoms with Gasteiger partial charge in [0.25, 0.3) is 0 Å². The van der Waals surface area contributed by atoms with E-state index in [2.05, 4.69) is 15.6 Å². The number of rotatable bonds is 9. The van der Waals surface area contributed by atoms with Crippen LogP contribution in [-0.2, 0) is 16.1 Å². The minimum absolute atomic E-state index is 0.294. The normalized spacial score (nSPS) is 15.4. The van der Waals surface area contributed by atoms with Gasteiger partial charge < -0.3 is 20.9 Å². The number of primary amides is 1. The molecule has 3 heterocycles. The number of nitrogens with zero attached hydrogens (tertiary/aromatic N) is 3. The molecule has 5 rings (SSSR count). The lowest BCUT2D eigenvalue weighted by Gasteiger charge is -2.36. The topological polar surface area (TPSA) is 97.9 Å². The number of carbonyl (C=O) groups is 1. The Morgan fingerprint density at radius 3 is 2.59 bits per heavy atom. The smallest absolute Gasteiger partial charge is 0.248 e. The monoisotopic (exact) mass is 522 g/mol. The van der Waals surface area contributed by atoms with E-state index < -0.39 is 23.1 Å². The van der Waals surface area contributed by atoms with Gasteiger partial charge in [-0.15, -0.1) is 0 Å². The molecule has 0 aromatic heterocycles. The Bertz CT molecular complexity index is 1400. The van der Waals surface area contributed by atoms with E-state index in [1.54, 1.807) is 10.8 Å². The number of benzene rings is 2.